The van der Waals surface area contributed by atoms with Crippen LogP contribution < -0.4 is 0 Å². The van der Waals surface area contributed by atoms with Gasteiger partial charge in [0.1, 0.15) is 13.2 Å². The largest absolute Gasteiger partial charge is 0.462 e. The first-order valence-corrected chi connectivity index (χ1v) is 34.7. The van der Waals surface area contributed by atoms with Crippen LogP contribution in [0.4, 0.5) is 0 Å². The third kappa shape index (κ3) is 67.0. The van der Waals surface area contributed by atoms with Gasteiger partial charge in [-0.05, 0) is 122 Å². The second kappa shape index (κ2) is 68.8. The van der Waals surface area contributed by atoms with Gasteiger partial charge in [0.15, 0.2) is 6.10 Å². The van der Waals surface area contributed by atoms with E-state index in [1.807, 2.05) is 0 Å². The van der Waals surface area contributed by atoms with Crippen molar-refractivity contribution < 1.29 is 28.6 Å². The topological polar surface area (TPSA) is 78.9 Å². The Labute approximate surface area is 502 Å². The molecular formula is C75H130O6. The van der Waals surface area contributed by atoms with Gasteiger partial charge in [-0.15, -0.1) is 0 Å². The van der Waals surface area contributed by atoms with Gasteiger partial charge in [-0.3, -0.25) is 14.4 Å². The van der Waals surface area contributed by atoms with Crippen LogP contribution in [-0.2, 0) is 28.6 Å². The monoisotopic (exact) mass is 1130 g/mol. The van der Waals surface area contributed by atoms with Crippen molar-refractivity contribution in [1.29, 1.82) is 0 Å². The Morgan fingerprint density at radius 3 is 0.778 bits per heavy atom. The molecule has 81 heavy (non-hydrogen) atoms. The van der Waals surface area contributed by atoms with Crippen molar-refractivity contribution in [3.63, 3.8) is 0 Å². The maximum absolute atomic E-state index is 13.0. The van der Waals surface area contributed by atoms with E-state index in [1.54, 1.807) is 0 Å². The smallest absolute Gasteiger partial charge is 0.306 e. The fraction of sp³-hybridized carbons (Fsp3) is 0.747. The molecule has 6 heteroatoms. The molecular weight excluding hydrogens is 997 g/mol. The average molecular weight is 1130 g/mol. The van der Waals surface area contributed by atoms with E-state index in [0.29, 0.717) is 19.3 Å². The second-order valence-corrected chi connectivity index (χ2v) is 23.1. The standard InChI is InChI=1S/C75H130O6/c1-4-7-10-13-16-19-22-25-27-29-31-33-35-37-39-41-43-45-47-50-53-56-59-62-65-68-74(77)80-71-72(70-79-73(76)67-64-61-58-55-52-49-24-21-18-15-12-9-6-3)81-75(78)69-66-63-60-57-54-51-48-46-44-42-40-38-36-34-32-30-28-26-23-20-17-14-11-8-5-2/h7,10,16,19,21,24-25,27,30-33,37,39,43,45,72H,4-6,8-9,11-15,17-18,20,22-23,26,28-29,34-36,38,40-42,44,46-71H2,1-3H3/b10-7-,19-16-,24-21-,27-25-,32-30-,33-31-,39-37-,45-43-. The Bertz CT molecular complexity index is 1580. The van der Waals surface area contributed by atoms with E-state index in [-0.39, 0.29) is 31.1 Å². The number of rotatable bonds is 63. The van der Waals surface area contributed by atoms with Gasteiger partial charge >= 0.3 is 17.9 Å². The third-order valence-electron chi connectivity index (χ3n) is 15.0. The highest BCUT2D eigenvalue weighted by Crippen LogP contribution is 2.17. The molecule has 1 atom stereocenters. The highest BCUT2D eigenvalue weighted by Gasteiger charge is 2.19. The van der Waals surface area contributed by atoms with Gasteiger partial charge in [-0.25, -0.2) is 0 Å². The molecule has 0 saturated carbocycles. The Balaban J connectivity index is 4.33. The summed E-state index contributed by atoms with van der Waals surface area (Å²) in [6, 6.07) is 0. The van der Waals surface area contributed by atoms with E-state index in [4.69, 9.17) is 14.2 Å². The molecule has 0 aliphatic rings. The zero-order chi connectivity index (χ0) is 58.5. The van der Waals surface area contributed by atoms with E-state index in [1.165, 1.54) is 186 Å². The first-order chi connectivity index (χ1) is 40.0. The van der Waals surface area contributed by atoms with E-state index in [9.17, 15) is 14.4 Å². The van der Waals surface area contributed by atoms with Crippen molar-refractivity contribution in [2.75, 3.05) is 13.2 Å². The van der Waals surface area contributed by atoms with Crippen LogP contribution in [-0.4, -0.2) is 37.2 Å². The SMILES string of the molecule is CC/C=C\C/C=C\C/C=C\C/C=C\C/C=C\C/C=C\CCCCCCCCC(=O)OCC(COC(=O)CCCCCCC/C=C\CCCCCC)OC(=O)CCCCCCCCCCCCCCC/C=C\CCCCCCCCCC. The molecule has 0 fully saturated rings. The Hall–Kier alpha value is -3.67. The number of allylic oxidation sites excluding steroid dienone is 16. The zero-order valence-corrected chi connectivity index (χ0v) is 53.5. The van der Waals surface area contributed by atoms with Crippen molar-refractivity contribution in [2.45, 2.75) is 348 Å². The van der Waals surface area contributed by atoms with Gasteiger partial charge in [0, 0.05) is 19.3 Å². The van der Waals surface area contributed by atoms with Crippen LogP contribution in [0, 0.1) is 0 Å². The van der Waals surface area contributed by atoms with Crippen molar-refractivity contribution >= 4 is 17.9 Å². The second-order valence-electron chi connectivity index (χ2n) is 23.1. The predicted molar refractivity (Wildman–Crippen MR) is 353 cm³/mol. The lowest BCUT2D eigenvalue weighted by molar-refractivity contribution is -0.167. The number of esters is 3. The molecule has 0 aromatic heterocycles. The molecule has 1 unspecified atom stereocenters. The number of unbranched alkanes of at least 4 members (excludes halogenated alkanes) is 36. The van der Waals surface area contributed by atoms with E-state index < -0.39 is 6.10 Å². The minimum absolute atomic E-state index is 0.0850. The van der Waals surface area contributed by atoms with E-state index in [2.05, 4.69) is 118 Å². The van der Waals surface area contributed by atoms with Gasteiger partial charge < -0.3 is 14.2 Å². The Kier molecular flexibility index (Phi) is 65.7. The maximum atomic E-state index is 13.0. The minimum Gasteiger partial charge on any atom is -0.462 e. The summed E-state index contributed by atoms with van der Waals surface area (Å²) in [5.74, 6) is -0.894. The summed E-state index contributed by atoms with van der Waals surface area (Å²) in [4.78, 5) is 38.4. The number of hydrogen-bond donors (Lipinski definition) is 0. The lowest BCUT2D eigenvalue weighted by Gasteiger charge is -2.18. The van der Waals surface area contributed by atoms with Crippen molar-refractivity contribution in [2.24, 2.45) is 0 Å². The van der Waals surface area contributed by atoms with Crippen LogP contribution in [0.15, 0.2) is 97.2 Å². The van der Waals surface area contributed by atoms with Crippen molar-refractivity contribution in [3.05, 3.63) is 97.2 Å². The summed E-state index contributed by atoms with van der Waals surface area (Å²) in [7, 11) is 0. The summed E-state index contributed by atoms with van der Waals surface area (Å²) in [6.07, 6.45) is 92.8. The summed E-state index contributed by atoms with van der Waals surface area (Å²) >= 11 is 0. The van der Waals surface area contributed by atoms with Gasteiger partial charge in [0.2, 0.25) is 0 Å². The van der Waals surface area contributed by atoms with Crippen molar-refractivity contribution in [3.8, 4) is 0 Å². The predicted octanol–water partition coefficient (Wildman–Crippen LogP) is 24.0. The van der Waals surface area contributed by atoms with Crippen LogP contribution >= 0.6 is 0 Å². The van der Waals surface area contributed by atoms with Gasteiger partial charge in [0.05, 0.1) is 0 Å². The lowest BCUT2D eigenvalue weighted by Crippen LogP contribution is -2.30. The fourth-order valence-electron chi connectivity index (χ4n) is 9.85. The number of hydrogen-bond acceptors (Lipinski definition) is 6. The molecule has 0 aliphatic carbocycles. The maximum Gasteiger partial charge on any atom is 0.306 e. The highest BCUT2D eigenvalue weighted by atomic mass is 16.6. The first kappa shape index (κ1) is 77.3. The average Bonchev–Trinajstić information content (AvgIpc) is 3.46. The number of carbonyl (C=O) groups excluding carboxylic acids is 3. The van der Waals surface area contributed by atoms with Gasteiger partial charge in [-0.2, -0.15) is 0 Å². The summed E-state index contributed by atoms with van der Waals surface area (Å²) in [5.41, 5.74) is 0. The van der Waals surface area contributed by atoms with Crippen LogP contribution in [0.1, 0.15) is 342 Å². The molecule has 0 amide bonds. The van der Waals surface area contributed by atoms with E-state index in [0.717, 1.165) is 116 Å². The van der Waals surface area contributed by atoms with E-state index >= 15 is 0 Å². The molecule has 0 aromatic carbocycles. The molecule has 0 N–H and O–H groups in total. The lowest BCUT2D eigenvalue weighted by atomic mass is 10.0. The molecule has 0 aliphatic heterocycles. The molecule has 0 bridgehead atoms. The molecule has 0 aromatic rings. The summed E-state index contributed by atoms with van der Waals surface area (Å²) < 4.78 is 17.0. The fourth-order valence-corrected chi connectivity index (χ4v) is 9.85. The normalized spacial score (nSPS) is 12.7. The highest BCUT2D eigenvalue weighted by molar-refractivity contribution is 5.71. The molecule has 0 saturated heterocycles. The third-order valence-corrected chi connectivity index (χ3v) is 15.0. The molecule has 466 valence electrons. The summed E-state index contributed by atoms with van der Waals surface area (Å²) in [5, 5.41) is 0. The van der Waals surface area contributed by atoms with Crippen LogP contribution in [0.3, 0.4) is 0 Å². The van der Waals surface area contributed by atoms with Crippen LogP contribution in [0.25, 0.3) is 0 Å². The van der Waals surface area contributed by atoms with Crippen LogP contribution in [0.2, 0.25) is 0 Å². The van der Waals surface area contributed by atoms with Crippen molar-refractivity contribution in [1.82, 2.24) is 0 Å². The molecule has 0 spiro atoms. The molecule has 6 nitrogen and oxygen atoms in total. The Morgan fingerprint density at radius 2 is 0.481 bits per heavy atom. The Morgan fingerprint density at radius 1 is 0.259 bits per heavy atom. The summed E-state index contributed by atoms with van der Waals surface area (Å²) in [6.45, 7) is 6.53. The zero-order valence-electron chi connectivity index (χ0n) is 53.5. The minimum atomic E-state index is -0.789. The number of carbonyl (C=O) groups is 3. The van der Waals surface area contributed by atoms with Gasteiger partial charge in [-0.1, -0.05) is 298 Å². The molecule has 0 radical (unpaired) electrons. The van der Waals surface area contributed by atoms with Gasteiger partial charge in [0.25, 0.3) is 0 Å². The first-order valence-electron chi connectivity index (χ1n) is 34.7. The molecule has 0 rings (SSSR count). The quantitative estimate of drug-likeness (QED) is 0.0261. The molecule has 0 heterocycles. The van der Waals surface area contributed by atoms with Crippen LogP contribution in [0.5, 0.6) is 0 Å². The number of ether oxygens (including phenoxy) is 3.